The first-order valence-corrected chi connectivity index (χ1v) is 10.9. The third-order valence-electron chi connectivity index (χ3n) is 4.71. The van der Waals surface area contributed by atoms with Crippen LogP contribution in [-0.2, 0) is 11.4 Å². The van der Waals surface area contributed by atoms with Crippen molar-refractivity contribution in [3.05, 3.63) is 91.9 Å². The first kappa shape index (κ1) is 24.5. The Balaban J connectivity index is 1.87. The van der Waals surface area contributed by atoms with Gasteiger partial charge in [0.2, 0.25) is 0 Å². The highest BCUT2D eigenvalue weighted by Gasteiger charge is 2.13. The number of benzene rings is 3. The Kier molecular flexibility index (Phi) is 8.24. The van der Waals surface area contributed by atoms with Crippen molar-refractivity contribution in [2.45, 2.75) is 13.5 Å². The second-order valence-electron chi connectivity index (χ2n) is 7.02. The molecule has 0 saturated heterocycles. The number of hydrogen-bond acceptors (Lipinski definition) is 4. The van der Waals surface area contributed by atoms with Gasteiger partial charge in [-0.1, -0.05) is 46.9 Å². The standard InChI is InChI=1S/C25H19Cl3N2O3/c1-15-3-7-20(11-22(15)27)30-25(31)18(13-29)9-16-5-8-21(32-2)12-24(16)33-14-17-4-6-19(26)10-23(17)28/h3-12H,14H2,1-2H3,(H,30,31)/b18-9+. The molecule has 3 rings (SSSR count). The molecular formula is C25H19Cl3N2O3. The molecule has 33 heavy (non-hydrogen) atoms. The lowest BCUT2D eigenvalue weighted by Crippen LogP contribution is -2.13. The van der Waals surface area contributed by atoms with E-state index in [2.05, 4.69) is 5.32 Å². The van der Waals surface area contributed by atoms with Crippen LogP contribution in [-0.4, -0.2) is 13.0 Å². The number of carbonyl (C=O) groups is 1. The van der Waals surface area contributed by atoms with E-state index in [4.69, 9.17) is 44.3 Å². The summed E-state index contributed by atoms with van der Waals surface area (Å²) >= 11 is 18.3. The average Bonchev–Trinajstić information content (AvgIpc) is 2.79. The van der Waals surface area contributed by atoms with Crippen LogP contribution in [0.25, 0.3) is 6.08 Å². The van der Waals surface area contributed by atoms with Gasteiger partial charge in [-0.05, 0) is 55.0 Å². The summed E-state index contributed by atoms with van der Waals surface area (Å²) in [4.78, 5) is 12.7. The molecule has 1 N–H and O–H groups in total. The van der Waals surface area contributed by atoms with Crippen LogP contribution in [0, 0.1) is 18.3 Å². The Morgan fingerprint density at radius 2 is 1.85 bits per heavy atom. The third-order valence-corrected chi connectivity index (χ3v) is 5.71. The lowest BCUT2D eigenvalue weighted by Gasteiger charge is -2.13. The van der Waals surface area contributed by atoms with Crippen LogP contribution in [0.15, 0.2) is 60.2 Å². The molecule has 3 aromatic rings. The molecule has 0 spiro atoms. The summed E-state index contributed by atoms with van der Waals surface area (Å²) in [5, 5.41) is 13.8. The zero-order chi connectivity index (χ0) is 24.0. The van der Waals surface area contributed by atoms with Gasteiger partial charge in [0.1, 0.15) is 29.7 Å². The molecule has 8 heteroatoms. The van der Waals surface area contributed by atoms with Crippen molar-refractivity contribution < 1.29 is 14.3 Å². The summed E-state index contributed by atoms with van der Waals surface area (Å²) in [6.45, 7) is 2.01. The Labute approximate surface area is 207 Å². The van der Waals surface area contributed by atoms with E-state index in [9.17, 15) is 10.1 Å². The maximum Gasteiger partial charge on any atom is 0.266 e. The van der Waals surface area contributed by atoms with E-state index in [0.717, 1.165) is 11.1 Å². The van der Waals surface area contributed by atoms with Crippen molar-refractivity contribution >= 4 is 52.5 Å². The van der Waals surface area contributed by atoms with Crippen molar-refractivity contribution in [3.63, 3.8) is 0 Å². The maximum atomic E-state index is 12.7. The zero-order valence-electron chi connectivity index (χ0n) is 17.8. The van der Waals surface area contributed by atoms with Gasteiger partial charge in [-0.15, -0.1) is 0 Å². The second kappa shape index (κ2) is 11.1. The fraction of sp³-hybridized carbons (Fsp3) is 0.120. The zero-order valence-corrected chi connectivity index (χ0v) is 20.1. The highest BCUT2D eigenvalue weighted by atomic mass is 35.5. The van der Waals surface area contributed by atoms with Crippen LogP contribution in [0.3, 0.4) is 0 Å². The van der Waals surface area contributed by atoms with Gasteiger partial charge in [0, 0.05) is 37.9 Å². The Morgan fingerprint density at radius 3 is 2.52 bits per heavy atom. The fourth-order valence-corrected chi connectivity index (χ4v) is 3.50. The smallest absolute Gasteiger partial charge is 0.266 e. The van der Waals surface area contributed by atoms with E-state index in [1.807, 2.05) is 13.0 Å². The van der Waals surface area contributed by atoms with Crippen LogP contribution in [0.1, 0.15) is 16.7 Å². The summed E-state index contributed by atoms with van der Waals surface area (Å²) < 4.78 is 11.2. The predicted octanol–water partition coefficient (Wildman–Crippen LogP) is 7.09. The summed E-state index contributed by atoms with van der Waals surface area (Å²) in [5.41, 5.74) is 2.51. The Bertz CT molecular complexity index is 1270. The van der Waals surface area contributed by atoms with E-state index in [0.29, 0.717) is 37.8 Å². The number of aryl methyl sites for hydroxylation is 1. The highest BCUT2D eigenvalue weighted by Crippen LogP contribution is 2.29. The minimum Gasteiger partial charge on any atom is -0.497 e. The number of carbonyl (C=O) groups excluding carboxylic acids is 1. The van der Waals surface area contributed by atoms with Crippen molar-refractivity contribution in [1.82, 2.24) is 0 Å². The molecule has 0 unspecified atom stereocenters. The van der Waals surface area contributed by atoms with Crippen LogP contribution in [0.2, 0.25) is 15.1 Å². The summed E-state index contributed by atoms with van der Waals surface area (Å²) in [5.74, 6) is 0.404. The molecule has 0 radical (unpaired) electrons. The lowest BCUT2D eigenvalue weighted by molar-refractivity contribution is -0.112. The SMILES string of the molecule is COc1ccc(/C=C(\C#N)C(=O)Nc2ccc(C)c(Cl)c2)c(OCc2ccc(Cl)cc2Cl)c1. The van der Waals surface area contributed by atoms with E-state index >= 15 is 0 Å². The molecule has 0 saturated carbocycles. The molecule has 0 aromatic heterocycles. The van der Waals surface area contributed by atoms with Gasteiger partial charge in [-0.3, -0.25) is 4.79 Å². The van der Waals surface area contributed by atoms with E-state index < -0.39 is 5.91 Å². The molecule has 5 nitrogen and oxygen atoms in total. The minimum atomic E-state index is -0.570. The molecule has 0 fully saturated rings. The number of rotatable bonds is 7. The number of anilines is 1. The number of hydrogen-bond donors (Lipinski definition) is 1. The first-order valence-electron chi connectivity index (χ1n) is 9.74. The van der Waals surface area contributed by atoms with Crippen LogP contribution in [0.5, 0.6) is 11.5 Å². The molecule has 3 aromatic carbocycles. The summed E-state index contributed by atoms with van der Waals surface area (Å²) in [7, 11) is 1.53. The number of halogens is 3. The van der Waals surface area contributed by atoms with Gasteiger partial charge >= 0.3 is 0 Å². The van der Waals surface area contributed by atoms with Gasteiger partial charge < -0.3 is 14.8 Å². The number of methoxy groups -OCH3 is 1. The van der Waals surface area contributed by atoms with E-state index in [1.54, 1.807) is 54.6 Å². The van der Waals surface area contributed by atoms with Crippen molar-refractivity contribution in [2.75, 3.05) is 12.4 Å². The third kappa shape index (κ3) is 6.43. The molecule has 0 aliphatic heterocycles. The van der Waals surface area contributed by atoms with Crippen LogP contribution >= 0.6 is 34.8 Å². The van der Waals surface area contributed by atoms with Gasteiger partial charge in [0.15, 0.2) is 0 Å². The van der Waals surface area contributed by atoms with Gasteiger partial charge in [-0.2, -0.15) is 5.26 Å². The average molecular weight is 502 g/mol. The molecule has 1 amide bonds. The Hall–Kier alpha value is -3.17. The fourth-order valence-electron chi connectivity index (χ4n) is 2.85. The van der Waals surface area contributed by atoms with Gasteiger partial charge in [0.05, 0.1) is 7.11 Å². The number of ether oxygens (including phenoxy) is 2. The van der Waals surface area contributed by atoms with Crippen molar-refractivity contribution in [1.29, 1.82) is 5.26 Å². The van der Waals surface area contributed by atoms with Crippen LogP contribution in [0.4, 0.5) is 5.69 Å². The summed E-state index contributed by atoms with van der Waals surface area (Å²) in [6, 6.07) is 17.2. The van der Waals surface area contributed by atoms with E-state index in [-0.39, 0.29) is 12.2 Å². The molecule has 0 atom stereocenters. The number of amides is 1. The molecular weight excluding hydrogens is 483 g/mol. The Morgan fingerprint density at radius 1 is 1.06 bits per heavy atom. The molecule has 0 aliphatic rings. The highest BCUT2D eigenvalue weighted by molar-refractivity contribution is 6.35. The molecule has 0 bridgehead atoms. The quantitative estimate of drug-likeness (QED) is 0.277. The largest absolute Gasteiger partial charge is 0.497 e. The minimum absolute atomic E-state index is 0.105. The van der Waals surface area contributed by atoms with Gasteiger partial charge in [0.25, 0.3) is 5.91 Å². The monoisotopic (exact) mass is 500 g/mol. The number of nitriles is 1. The van der Waals surface area contributed by atoms with E-state index in [1.165, 1.54) is 13.2 Å². The van der Waals surface area contributed by atoms with Crippen LogP contribution < -0.4 is 14.8 Å². The predicted molar refractivity (Wildman–Crippen MR) is 132 cm³/mol. The second-order valence-corrected chi connectivity index (χ2v) is 8.27. The van der Waals surface area contributed by atoms with Crippen molar-refractivity contribution in [3.8, 4) is 17.6 Å². The van der Waals surface area contributed by atoms with Gasteiger partial charge in [-0.25, -0.2) is 0 Å². The number of nitrogens with zero attached hydrogens (tertiary/aromatic N) is 1. The normalized spacial score (nSPS) is 11.0. The maximum absolute atomic E-state index is 12.7. The lowest BCUT2D eigenvalue weighted by atomic mass is 10.1. The van der Waals surface area contributed by atoms with Crippen molar-refractivity contribution in [2.24, 2.45) is 0 Å². The molecule has 0 heterocycles. The summed E-state index contributed by atoms with van der Waals surface area (Å²) in [6.07, 6.45) is 1.45. The first-order chi connectivity index (χ1) is 15.8. The molecule has 168 valence electrons. The number of nitrogens with one attached hydrogen (secondary N) is 1. The molecule has 0 aliphatic carbocycles. The topological polar surface area (TPSA) is 71.3 Å².